The van der Waals surface area contributed by atoms with Crippen LogP contribution in [0.5, 0.6) is 5.75 Å². The van der Waals surface area contributed by atoms with E-state index < -0.39 is 17.7 Å². The lowest BCUT2D eigenvalue weighted by Gasteiger charge is -2.19. The maximum atomic E-state index is 15.2. The Morgan fingerprint density at radius 2 is 1.18 bits per heavy atom. The molecule has 226 valence electrons. The molecule has 0 aromatic heterocycles. The summed E-state index contributed by atoms with van der Waals surface area (Å²) in [4.78, 5) is 1.12. The fourth-order valence-corrected chi connectivity index (χ4v) is 5.77. The Balaban J connectivity index is 1.27. The summed E-state index contributed by atoms with van der Waals surface area (Å²) in [7, 11) is 0. The highest BCUT2D eigenvalue weighted by molar-refractivity contribution is 7.99. The standard InChI is InChI=1S/C38H34F4OS/c1-3-5-6-7-26-8-16-31(17-9-26)38(41,42)43-32-18-10-27(11-19-32)29-14-22-35(36(39)24-29)30-15-23-34(37(40)25-30)28-12-20-33(21-13-28)44-4-2/h8-25H,3-7H2,1-2H3. The van der Waals surface area contributed by atoms with E-state index in [-0.39, 0.29) is 16.9 Å². The minimum Gasteiger partial charge on any atom is -0.429 e. The zero-order chi connectivity index (χ0) is 31.1. The molecule has 0 N–H and O–H groups in total. The van der Waals surface area contributed by atoms with Gasteiger partial charge in [-0.25, -0.2) is 8.78 Å². The van der Waals surface area contributed by atoms with Crippen LogP contribution in [0.2, 0.25) is 0 Å². The topological polar surface area (TPSA) is 9.23 Å². The smallest absolute Gasteiger partial charge is 0.426 e. The van der Waals surface area contributed by atoms with Gasteiger partial charge in [-0.15, -0.1) is 11.8 Å². The van der Waals surface area contributed by atoms with Gasteiger partial charge in [-0.3, -0.25) is 0 Å². The summed E-state index contributed by atoms with van der Waals surface area (Å²) in [6.45, 7) is 4.20. The van der Waals surface area contributed by atoms with E-state index in [0.29, 0.717) is 22.3 Å². The number of rotatable bonds is 12. The minimum absolute atomic E-state index is 0.00260. The van der Waals surface area contributed by atoms with E-state index in [9.17, 15) is 8.78 Å². The van der Waals surface area contributed by atoms with E-state index in [1.54, 1.807) is 60.3 Å². The fraction of sp³-hybridized carbons (Fsp3) is 0.211. The number of benzene rings is 5. The first-order chi connectivity index (χ1) is 21.3. The molecule has 0 heterocycles. The van der Waals surface area contributed by atoms with Crippen molar-refractivity contribution in [1.29, 1.82) is 0 Å². The molecule has 1 nitrogen and oxygen atoms in total. The SMILES string of the molecule is CCCCCc1ccc(C(F)(F)Oc2ccc(-c3ccc(-c4ccc(-c5ccc(SCC)cc5)c(F)c4)c(F)c3)cc2)cc1. The fourth-order valence-electron chi connectivity index (χ4n) is 5.11. The molecular weight excluding hydrogens is 580 g/mol. The third kappa shape index (κ3) is 7.54. The van der Waals surface area contributed by atoms with E-state index in [0.717, 1.165) is 47.5 Å². The van der Waals surface area contributed by atoms with E-state index in [4.69, 9.17) is 4.74 Å². The van der Waals surface area contributed by atoms with Gasteiger partial charge in [0.2, 0.25) is 0 Å². The molecule has 0 saturated carbocycles. The first-order valence-electron chi connectivity index (χ1n) is 14.9. The van der Waals surface area contributed by atoms with Crippen LogP contribution in [-0.4, -0.2) is 5.75 Å². The van der Waals surface area contributed by atoms with Crippen molar-refractivity contribution in [3.05, 3.63) is 132 Å². The number of ether oxygens (including phenoxy) is 1. The summed E-state index contributed by atoms with van der Waals surface area (Å²) in [5, 5.41) is 0. The molecule has 5 rings (SSSR count). The molecular formula is C38H34F4OS. The molecule has 0 amide bonds. The van der Waals surface area contributed by atoms with Crippen LogP contribution in [-0.2, 0) is 12.5 Å². The van der Waals surface area contributed by atoms with Gasteiger partial charge in [0.1, 0.15) is 17.4 Å². The number of unbranched alkanes of at least 4 members (excludes halogenated alkanes) is 2. The maximum absolute atomic E-state index is 15.2. The largest absolute Gasteiger partial charge is 0.429 e. The van der Waals surface area contributed by atoms with Gasteiger partial charge in [-0.05, 0) is 94.9 Å². The Hall–Kier alpha value is -4.03. The van der Waals surface area contributed by atoms with Crippen molar-refractivity contribution in [2.75, 3.05) is 5.75 Å². The predicted octanol–water partition coefficient (Wildman–Crippen LogP) is 11.9. The summed E-state index contributed by atoms with van der Waals surface area (Å²) in [6, 6.07) is 29.4. The summed E-state index contributed by atoms with van der Waals surface area (Å²) in [6.07, 6.45) is 0.602. The molecule has 0 atom stereocenters. The Bertz CT molecular complexity index is 1680. The third-order valence-electron chi connectivity index (χ3n) is 7.52. The van der Waals surface area contributed by atoms with Gasteiger partial charge in [-0.2, -0.15) is 8.78 Å². The number of aryl methyl sites for hydroxylation is 1. The van der Waals surface area contributed by atoms with Crippen LogP contribution < -0.4 is 4.74 Å². The second-order valence-corrected chi connectivity index (χ2v) is 12.0. The van der Waals surface area contributed by atoms with Gasteiger partial charge >= 0.3 is 6.11 Å². The molecule has 5 aromatic carbocycles. The zero-order valence-electron chi connectivity index (χ0n) is 24.8. The Kier molecular flexibility index (Phi) is 10.1. The van der Waals surface area contributed by atoms with Crippen molar-refractivity contribution in [2.24, 2.45) is 0 Å². The Morgan fingerprint density at radius 1 is 0.614 bits per heavy atom. The maximum Gasteiger partial charge on any atom is 0.426 e. The molecule has 0 fully saturated rings. The highest BCUT2D eigenvalue weighted by Crippen LogP contribution is 2.35. The number of hydrogen-bond donors (Lipinski definition) is 0. The van der Waals surface area contributed by atoms with Crippen LogP contribution in [0.1, 0.15) is 44.2 Å². The van der Waals surface area contributed by atoms with Crippen molar-refractivity contribution in [3.63, 3.8) is 0 Å². The lowest BCUT2D eigenvalue weighted by Crippen LogP contribution is -2.21. The molecule has 0 spiro atoms. The number of hydrogen-bond acceptors (Lipinski definition) is 2. The van der Waals surface area contributed by atoms with E-state index in [1.165, 1.54) is 36.4 Å². The number of halogens is 4. The first kappa shape index (κ1) is 31.4. The second-order valence-electron chi connectivity index (χ2n) is 10.6. The number of thioether (sulfide) groups is 1. The molecule has 44 heavy (non-hydrogen) atoms. The average molecular weight is 615 g/mol. The monoisotopic (exact) mass is 614 g/mol. The molecule has 0 aliphatic carbocycles. The van der Waals surface area contributed by atoms with Crippen LogP contribution in [0.15, 0.2) is 114 Å². The van der Waals surface area contributed by atoms with Crippen molar-refractivity contribution in [3.8, 4) is 39.1 Å². The third-order valence-corrected chi connectivity index (χ3v) is 8.41. The van der Waals surface area contributed by atoms with Gasteiger partial charge in [-0.1, -0.05) is 87.4 Å². The highest BCUT2D eigenvalue weighted by Gasteiger charge is 2.34. The Morgan fingerprint density at radius 3 is 1.80 bits per heavy atom. The first-order valence-corrected chi connectivity index (χ1v) is 15.9. The lowest BCUT2D eigenvalue weighted by atomic mass is 9.97. The van der Waals surface area contributed by atoms with Crippen molar-refractivity contribution in [2.45, 2.75) is 50.5 Å². The van der Waals surface area contributed by atoms with Gasteiger partial charge in [0.05, 0.1) is 5.56 Å². The predicted molar refractivity (Wildman–Crippen MR) is 173 cm³/mol. The van der Waals surface area contributed by atoms with Gasteiger partial charge in [0.25, 0.3) is 0 Å². The van der Waals surface area contributed by atoms with Crippen molar-refractivity contribution >= 4 is 11.8 Å². The molecule has 6 heteroatoms. The quantitative estimate of drug-likeness (QED) is 0.0785. The average Bonchev–Trinajstić information content (AvgIpc) is 3.02. The molecule has 0 bridgehead atoms. The summed E-state index contributed by atoms with van der Waals surface area (Å²) < 4.78 is 65.1. The molecule has 0 saturated heterocycles. The van der Waals surface area contributed by atoms with Crippen molar-refractivity contribution in [1.82, 2.24) is 0 Å². The van der Waals surface area contributed by atoms with Crippen LogP contribution in [0, 0.1) is 11.6 Å². The summed E-state index contributed by atoms with van der Waals surface area (Å²) >= 11 is 1.72. The van der Waals surface area contributed by atoms with Crippen LogP contribution in [0.25, 0.3) is 33.4 Å². The molecule has 0 aliphatic rings. The van der Waals surface area contributed by atoms with Crippen molar-refractivity contribution < 1.29 is 22.3 Å². The van der Waals surface area contributed by atoms with Crippen LogP contribution >= 0.6 is 11.8 Å². The van der Waals surface area contributed by atoms with Crippen LogP contribution in [0.3, 0.4) is 0 Å². The number of alkyl halides is 2. The van der Waals surface area contributed by atoms with Crippen LogP contribution in [0.4, 0.5) is 17.6 Å². The highest BCUT2D eigenvalue weighted by atomic mass is 32.2. The van der Waals surface area contributed by atoms with E-state index in [2.05, 4.69) is 13.8 Å². The molecule has 0 radical (unpaired) electrons. The van der Waals surface area contributed by atoms with E-state index in [1.807, 2.05) is 24.3 Å². The zero-order valence-corrected chi connectivity index (χ0v) is 25.6. The van der Waals surface area contributed by atoms with Gasteiger partial charge in [0.15, 0.2) is 0 Å². The summed E-state index contributed by atoms with van der Waals surface area (Å²) in [5.41, 5.74) is 3.90. The summed E-state index contributed by atoms with van der Waals surface area (Å²) in [5.74, 6) is 0.00936. The van der Waals surface area contributed by atoms with E-state index >= 15 is 8.78 Å². The minimum atomic E-state index is -3.50. The van der Waals surface area contributed by atoms with Gasteiger partial charge in [0, 0.05) is 16.0 Å². The second kappa shape index (κ2) is 14.2. The molecule has 0 aliphatic heterocycles. The molecule has 5 aromatic rings. The lowest BCUT2D eigenvalue weighted by molar-refractivity contribution is -0.185. The normalized spacial score (nSPS) is 11.5. The van der Waals surface area contributed by atoms with Gasteiger partial charge < -0.3 is 4.74 Å². The molecule has 0 unspecified atom stereocenters. The Labute approximate surface area is 260 Å².